The number of aromatic carboxylic acids is 2. The number of rotatable bonds is 6. The molecule has 2 aromatic rings. The van der Waals surface area contributed by atoms with Crippen LogP contribution in [-0.4, -0.2) is 39.2 Å². The molecule has 2 radical (unpaired) electrons. The van der Waals surface area contributed by atoms with E-state index in [-0.39, 0.29) is 38.4 Å². The first kappa shape index (κ1) is 25.3. The van der Waals surface area contributed by atoms with E-state index in [1.807, 2.05) is 24.3 Å². The van der Waals surface area contributed by atoms with Gasteiger partial charge in [-0.2, -0.15) is 0 Å². The SMILES string of the molecule is CCC(C)c1ccc(C(=O)[O-])cc1.CCC(C)c1ccc(C(=O)[O-])cc1.[Pb+2]. The topological polar surface area (TPSA) is 80.3 Å². The smallest absolute Gasteiger partial charge is 0.545 e. The average molecular weight is 562 g/mol. The van der Waals surface area contributed by atoms with Crippen molar-refractivity contribution in [1.29, 1.82) is 0 Å². The molecule has 2 aromatic carbocycles. The van der Waals surface area contributed by atoms with E-state index in [1.165, 1.54) is 11.1 Å². The molecule has 2 unspecified atom stereocenters. The molecule has 0 N–H and O–H groups in total. The summed E-state index contributed by atoms with van der Waals surface area (Å²) < 4.78 is 0. The first-order chi connectivity index (χ1) is 12.3. The predicted octanol–water partition coefficient (Wildman–Crippen LogP) is 2.75. The predicted molar refractivity (Wildman–Crippen MR) is 105 cm³/mol. The van der Waals surface area contributed by atoms with E-state index < -0.39 is 11.9 Å². The van der Waals surface area contributed by atoms with Gasteiger partial charge in [0.1, 0.15) is 0 Å². The maximum Gasteiger partial charge on any atom is 2.00 e. The molecule has 2 atom stereocenters. The van der Waals surface area contributed by atoms with Crippen LogP contribution in [0, 0.1) is 0 Å². The Labute approximate surface area is 181 Å². The van der Waals surface area contributed by atoms with E-state index in [0.717, 1.165) is 12.8 Å². The number of carboxylic acid groups (broad SMARTS) is 2. The maximum atomic E-state index is 10.4. The molecule has 2 rings (SSSR count). The van der Waals surface area contributed by atoms with Gasteiger partial charge in [0.05, 0.1) is 11.9 Å². The Balaban J connectivity index is 0.000000483. The van der Waals surface area contributed by atoms with Crippen molar-refractivity contribution >= 4 is 39.2 Å². The Hall–Kier alpha value is -1.70. The van der Waals surface area contributed by atoms with Crippen molar-refractivity contribution in [3.05, 3.63) is 70.8 Å². The minimum atomic E-state index is -1.12. The van der Waals surface area contributed by atoms with Gasteiger partial charge in [0.2, 0.25) is 0 Å². The number of hydrogen-bond acceptors (Lipinski definition) is 4. The summed E-state index contributed by atoms with van der Waals surface area (Å²) in [5.74, 6) is -1.27. The molecule has 142 valence electrons. The molecule has 4 nitrogen and oxygen atoms in total. The van der Waals surface area contributed by atoms with E-state index in [9.17, 15) is 19.8 Å². The minimum Gasteiger partial charge on any atom is -0.545 e. The second-order valence-electron chi connectivity index (χ2n) is 6.44. The normalized spacial score (nSPS) is 12.0. The van der Waals surface area contributed by atoms with Crippen LogP contribution in [0.3, 0.4) is 0 Å². The molecule has 5 heteroatoms. The van der Waals surface area contributed by atoms with Crippen LogP contribution in [0.2, 0.25) is 0 Å². The van der Waals surface area contributed by atoms with Gasteiger partial charge >= 0.3 is 27.3 Å². The van der Waals surface area contributed by atoms with Crippen LogP contribution >= 0.6 is 0 Å². The average Bonchev–Trinajstić information content (AvgIpc) is 2.67. The molecular formula is C22H26O4Pb. The molecule has 0 spiro atoms. The van der Waals surface area contributed by atoms with Crippen LogP contribution in [0.4, 0.5) is 0 Å². The summed E-state index contributed by atoms with van der Waals surface area (Å²) in [6.45, 7) is 8.46. The molecule has 27 heavy (non-hydrogen) atoms. The Morgan fingerprint density at radius 2 is 0.963 bits per heavy atom. The van der Waals surface area contributed by atoms with Gasteiger partial charge in [0.15, 0.2) is 0 Å². The summed E-state index contributed by atoms with van der Waals surface area (Å²) in [6.07, 6.45) is 2.12. The number of carbonyl (C=O) groups excluding carboxylic acids is 2. The quantitative estimate of drug-likeness (QED) is 0.508. The second-order valence-corrected chi connectivity index (χ2v) is 6.44. The Morgan fingerprint density at radius 1 is 0.704 bits per heavy atom. The van der Waals surface area contributed by atoms with Gasteiger partial charge in [-0.15, -0.1) is 0 Å². The van der Waals surface area contributed by atoms with Crippen LogP contribution in [0.1, 0.15) is 84.2 Å². The number of benzene rings is 2. The van der Waals surface area contributed by atoms with Gasteiger partial charge < -0.3 is 19.8 Å². The third-order valence-electron chi connectivity index (χ3n) is 4.66. The van der Waals surface area contributed by atoms with Crippen molar-refractivity contribution in [1.82, 2.24) is 0 Å². The van der Waals surface area contributed by atoms with Crippen molar-refractivity contribution in [2.24, 2.45) is 0 Å². The van der Waals surface area contributed by atoms with Crippen molar-refractivity contribution in [3.8, 4) is 0 Å². The first-order valence-corrected chi connectivity index (χ1v) is 8.92. The molecule has 0 bridgehead atoms. The third-order valence-corrected chi connectivity index (χ3v) is 4.66. The second kappa shape index (κ2) is 12.6. The fourth-order valence-electron chi connectivity index (χ4n) is 2.37. The van der Waals surface area contributed by atoms with E-state index in [4.69, 9.17) is 0 Å². The summed E-state index contributed by atoms with van der Waals surface area (Å²) in [6, 6.07) is 13.8. The van der Waals surface area contributed by atoms with Crippen molar-refractivity contribution in [3.63, 3.8) is 0 Å². The monoisotopic (exact) mass is 562 g/mol. The van der Waals surface area contributed by atoms with Crippen LogP contribution in [-0.2, 0) is 0 Å². The summed E-state index contributed by atoms with van der Waals surface area (Å²) in [5, 5.41) is 20.9. The molecule has 0 heterocycles. The zero-order valence-electron chi connectivity index (χ0n) is 16.3. The fraction of sp³-hybridized carbons (Fsp3) is 0.364. The molecule has 0 aromatic heterocycles. The number of carboxylic acids is 2. The number of hydrogen-bond donors (Lipinski definition) is 0. The summed E-state index contributed by atoms with van der Waals surface area (Å²) in [4.78, 5) is 20.9. The largest absolute Gasteiger partial charge is 2.00 e. The van der Waals surface area contributed by atoms with E-state index >= 15 is 0 Å². The molecule has 0 aliphatic rings. The standard InChI is InChI=1S/2C11H14O2.Pb/c2*1-3-8(2)9-4-6-10(7-5-9)11(12)13;/h2*4-8H,3H2,1-2H3,(H,12,13);/q;;+2/p-2. The fourth-order valence-corrected chi connectivity index (χ4v) is 2.37. The van der Waals surface area contributed by atoms with Gasteiger partial charge in [-0.3, -0.25) is 0 Å². The van der Waals surface area contributed by atoms with Gasteiger partial charge in [-0.25, -0.2) is 0 Å². The van der Waals surface area contributed by atoms with E-state index in [2.05, 4.69) is 27.7 Å². The Kier molecular flexibility index (Phi) is 11.9. The van der Waals surface area contributed by atoms with E-state index in [1.54, 1.807) is 24.3 Å². The molecule has 0 fully saturated rings. The molecule has 0 saturated carbocycles. The van der Waals surface area contributed by atoms with Crippen molar-refractivity contribution in [2.45, 2.75) is 52.4 Å². The van der Waals surface area contributed by atoms with Crippen LogP contribution in [0.5, 0.6) is 0 Å². The first-order valence-electron chi connectivity index (χ1n) is 8.92. The number of carbonyl (C=O) groups is 2. The van der Waals surface area contributed by atoms with Gasteiger partial charge in [0, 0.05) is 0 Å². The Morgan fingerprint density at radius 3 is 1.15 bits per heavy atom. The Bertz CT molecular complexity index is 645. The maximum absolute atomic E-state index is 10.4. The van der Waals surface area contributed by atoms with Crippen molar-refractivity contribution in [2.75, 3.05) is 0 Å². The van der Waals surface area contributed by atoms with Gasteiger partial charge in [-0.05, 0) is 46.9 Å². The van der Waals surface area contributed by atoms with Gasteiger partial charge in [-0.1, -0.05) is 76.2 Å². The molecule has 0 aliphatic heterocycles. The zero-order valence-corrected chi connectivity index (χ0v) is 20.2. The van der Waals surface area contributed by atoms with E-state index in [0.29, 0.717) is 11.8 Å². The molecule has 0 aliphatic carbocycles. The minimum absolute atomic E-state index is 0. The van der Waals surface area contributed by atoms with Gasteiger partial charge in [0.25, 0.3) is 0 Å². The summed E-state index contributed by atoms with van der Waals surface area (Å²) in [5.41, 5.74) is 2.83. The molecule has 0 amide bonds. The summed E-state index contributed by atoms with van der Waals surface area (Å²) >= 11 is 0. The third kappa shape index (κ3) is 8.24. The van der Waals surface area contributed by atoms with Crippen molar-refractivity contribution < 1.29 is 19.8 Å². The van der Waals surface area contributed by atoms with Crippen LogP contribution in [0.15, 0.2) is 48.5 Å². The summed E-state index contributed by atoms with van der Waals surface area (Å²) in [7, 11) is 0. The van der Waals surface area contributed by atoms with Crippen LogP contribution in [0.25, 0.3) is 0 Å². The molecule has 0 saturated heterocycles. The molecular weight excluding hydrogens is 535 g/mol. The van der Waals surface area contributed by atoms with Crippen LogP contribution < -0.4 is 10.2 Å². The zero-order chi connectivity index (χ0) is 19.7.